The molecule has 0 saturated heterocycles. The fourth-order valence-electron chi connectivity index (χ4n) is 5.67. The highest BCUT2D eigenvalue weighted by atomic mass is 14.9. The summed E-state index contributed by atoms with van der Waals surface area (Å²) in [6.07, 6.45) is 1.86. The predicted octanol–water partition coefficient (Wildman–Crippen LogP) is 9.39. The summed E-state index contributed by atoms with van der Waals surface area (Å²) in [6.45, 7) is 0. The van der Waals surface area contributed by atoms with Gasteiger partial charge in [-0.2, -0.15) is 0 Å². The van der Waals surface area contributed by atoms with Crippen LogP contribution in [0.25, 0.3) is 77.7 Å². The highest BCUT2D eigenvalue weighted by Gasteiger charge is 2.15. The lowest BCUT2D eigenvalue weighted by Gasteiger charge is -2.13. The molecular weight excluding hydrogens is 512 g/mol. The van der Waals surface area contributed by atoms with Crippen LogP contribution in [0.2, 0.25) is 0 Å². The summed E-state index contributed by atoms with van der Waals surface area (Å²) in [6, 6.07) is 47.7. The minimum Gasteiger partial charge on any atom is -0.254 e. The van der Waals surface area contributed by atoms with Crippen molar-refractivity contribution in [1.82, 2.24) is 19.9 Å². The van der Waals surface area contributed by atoms with Crippen molar-refractivity contribution < 1.29 is 0 Å². The molecule has 0 fully saturated rings. The van der Waals surface area contributed by atoms with E-state index in [1.54, 1.807) is 0 Å². The molecule has 0 aliphatic rings. The van der Waals surface area contributed by atoms with Crippen molar-refractivity contribution in [3.63, 3.8) is 0 Å². The molecular formula is C38H24N4. The molecule has 0 N–H and O–H groups in total. The molecule has 8 rings (SSSR count). The third-order valence-corrected chi connectivity index (χ3v) is 7.72. The molecule has 0 saturated carbocycles. The van der Waals surface area contributed by atoms with Gasteiger partial charge in [0.15, 0.2) is 5.82 Å². The molecule has 0 amide bonds. The molecule has 0 unspecified atom stereocenters. The van der Waals surface area contributed by atoms with Gasteiger partial charge in [0.05, 0.1) is 28.3 Å². The first-order valence-electron chi connectivity index (χ1n) is 14.0. The number of hydrogen-bond donors (Lipinski definition) is 0. The Balaban J connectivity index is 1.28. The van der Waals surface area contributed by atoms with Crippen molar-refractivity contribution in [2.45, 2.75) is 0 Å². The zero-order valence-electron chi connectivity index (χ0n) is 22.6. The van der Waals surface area contributed by atoms with Crippen LogP contribution in [0.5, 0.6) is 0 Å². The van der Waals surface area contributed by atoms with Crippen LogP contribution in [0.15, 0.2) is 146 Å². The average Bonchev–Trinajstić information content (AvgIpc) is 3.08. The van der Waals surface area contributed by atoms with E-state index in [1.165, 1.54) is 16.2 Å². The van der Waals surface area contributed by atoms with Crippen LogP contribution in [-0.2, 0) is 0 Å². The molecule has 42 heavy (non-hydrogen) atoms. The van der Waals surface area contributed by atoms with Crippen molar-refractivity contribution in [1.29, 1.82) is 0 Å². The van der Waals surface area contributed by atoms with Gasteiger partial charge in [0, 0.05) is 39.0 Å². The van der Waals surface area contributed by atoms with Gasteiger partial charge in [-0.25, -0.2) is 15.0 Å². The monoisotopic (exact) mass is 536 g/mol. The minimum absolute atomic E-state index is 0.636. The molecule has 0 radical (unpaired) electrons. The summed E-state index contributed by atoms with van der Waals surface area (Å²) in [5, 5.41) is 5.85. The van der Waals surface area contributed by atoms with Gasteiger partial charge in [0.1, 0.15) is 0 Å². The minimum atomic E-state index is 0.636. The summed E-state index contributed by atoms with van der Waals surface area (Å²) < 4.78 is 0. The van der Waals surface area contributed by atoms with Crippen molar-refractivity contribution in [2.24, 2.45) is 0 Å². The fourth-order valence-corrected chi connectivity index (χ4v) is 5.67. The Labute approximate surface area is 243 Å². The first kappa shape index (κ1) is 24.1. The number of aromatic nitrogens is 4. The number of nitrogens with zero attached hydrogens (tertiary/aromatic N) is 4. The fraction of sp³-hybridized carbons (Fsp3) is 0. The number of rotatable bonds is 4. The Kier molecular flexibility index (Phi) is 5.75. The molecule has 0 bridgehead atoms. The van der Waals surface area contributed by atoms with Gasteiger partial charge in [-0.1, -0.05) is 115 Å². The van der Waals surface area contributed by atoms with Crippen LogP contribution < -0.4 is 0 Å². The summed E-state index contributed by atoms with van der Waals surface area (Å²) in [4.78, 5) is 19.9. The van der Waals surface area contributed by atoms with Crippen LogP contribution in [0.4, 0.5) is 0 Å². The summed E-state index contributed by atoms with van der Waals surface area (Å²) >= 11 is 0. The SMILES string of the molecule is c1ccc(-c2cc(-c3ccccc3)nc(-c3ccc(-c4nc5ccccc5c5c4ccc4ccccc45)nc3)n2)cc1. The predicted molar refractivity (Wildman–Crippen MR) is 172 cm³/mol. The molecule has 0 atom stereocenters. The van der Waals surface area contributed by atoms with Crippen molar-refractivity contribution in [2.75, 3.05) is 0 Å². The number of hydrogen-bond acceptors (Lipinski definition) is 4. The van der Waals surface area contributed by atoms with Crippen LogP contribution >= 0.6 is 0 Å². The van der Waals surface area contributed by atoms with Crippen LogP contribution in [0.1, 0.15) is 0 Å². The maximum absolute atomic E-state index is 5.10. The highest BCUT2D eigenvalue weighted by Crippen LogP contribution is 2.37. The van der Waals surface area contributed by atoms with E-state index in [1.807, 2.05) is 66.9 Å². The molecule has 0 spiro atoms. The Hall–Kier alpha value is -5.74. The van der Waals surface area contributed by atoms with E-state index < -0.39 is 0 Å². The van der Waals surface area contributed by atoms with E-state index in [4.69, 9.17) is 19.9 Å². The van der Waals surface area contributed by atoms with Gasteiger partial charge >= 0.3 is 0 Å². The van der Waals surface area contributed by atoms with Crippen molar-refractivity contribution >= 4 is 32.4 Å². The second-order valence-corrected chi connectivity index (χ2v) is 10.3. The lowest BCUT2D eigenvalue weighted by Crippen LogP contribution is -1.97. The van der Waals surface area contributed by atoms with Gasteiger partial charge in [-0.05, 0) is 35.0 Å². The molecule has 3 heterocycles. The molecule has 3 aromatic heterocycles. The number of fused-ring (bicyclic) bond motifs is 5. The maximum Gasteiger partial charge on any atom is 0.161 e. The van der Waals surface area contributed by atoms with E-state index in [2.05, 4.69) is 78.9 Å². The molecule has 4 heteroatoms. The Bertz CT molecular complexity index is 2150. The zero-order chi connectivity index (χ0) is 27.9. The first-order valence-corrected chi connectivity index (χ1v) is 14.0. The average molecular weight is 537 g/mol. The molecule has 196 valence electrons. The van der Waals surface area contributed by atoms with Crippen LogP contribution in [0, 0.1) is 0 Å². The van der Waals surface area contributed by atoms with Gasteiger partial charge in [0.2, 0.25) is 0 Å². The van der Waals surface area contributed by atoms with E-state index in [9.17, 15) is 0 Å². The lowest BCUT2D eigenvalue weighted by molar-refractivity contribution is 1.17. The van der Waals surface area contributed by atoms with Crippen molar-refractivity contribution in [3.05, 3.63) is 146 Å². The second-order valence-electron chi connectivity index (χ2n) is 10.3. The summed E-state index contributed by atoms with van der Waals surface area (Å²) in [5.74, 6) is 0.636. The van der Waals surface area contributed by atoms with Gasteiger partial charge in [-0.3, -0.25) is 4.98 Å². The second kappa shape index (κ2) is 10.0. The number of para-hydroxylation sites is 1. The summed E-state index contributed by atoms with van der Waals surface area (Å²) in [5.41, 5.74) is 7.31. The van der Waals surface area contributed by atoms with Crippen molar-refractivity contribution in [3.8, 4) is 45.3 Å². The molecule has 5 aromatic carbocycles. The standard InChI is InChI=1S/C38H24N4/c1-3-12-26(13-4-1)34-23-35(27-14-5-2-6-15-27)42-38(41-34)28-20-22-33(39-24-28)37-31-21-19-25-11-7-8-16-29(25)36(31)30-17-9-10-18-32(30)40-37/h1-24H. The normalized spacial score (nSPS) is 11.3. The lowest BCUT2D eigenvalue weighted by atomic mass is 9.96. The molecule has 0 aliphatic heterocycles. The zero-order valence-corrected chi connectivity index (χ0v) is 22.6. The van der Waals surface area contributed by atoms with Crippen LogP contribution in [-0.4, -0.2) is 19.9 Å². The molecule has 0 aliphatic carbocycles. The van der Waals surface area contributed by atoms with Gasteiger partial charge in [-0.15, -0.1) is 0 Å². The van der Waals surface area contributed by atoms with E-state index in [-0.39, 0.29) is 0 Å². The molecule has 4 nitrogen and oxygen atoms in total. The highest BCUT2D eigenvalue weighted by molar-refractivity contribution is 6.22. The maximum atomic E-state index is 5.10. The number of benzene rings is 5. The Morgan fingerprint density at radius 3 is 1.74 bits per heavy atom. The first-order chi connectivity index (χ1) is 20.8. The Morgan fingerprint density at radius 1 is 0.405 bits per heavy atom. The number of pyridine rings is 2. The third kappa shape index (κ3) is 4.18. The topological polar surface area (TPSA) is 51.6 Å². The molecule has 8 aromatic rings. The van der Waals surface area contributed by atoms with Gasteiger partial charge < -0.3 is 0 Å². The van der Waals surface area contributed by atoms with E-state index in [0.717, 1.165) is 55.8 Å². The van der Waals surface area contributed by atoms with E-state index >= 15 is 0 Å². The van der Waals surface area contributed by atoms with Gasteiger partial charge in [0.25, 0.3) is 0 Å². The smallest absolute Gasteiger partial charge is 0.161 e. The Morgan fingerprint density at radius 2 is 1.05 bits per heavy atom. The largest absolute Gasteiger partial charge is 0.254 e. The third-order valence-electron chi connectivity index (χ3n) is 7.72. The quantitative estimate of drug-likeness (QED) is 0.210. The summed E-state index contributed by atoms with van der Waals surface area (Å²) in [7, 11) is 0. The van der Waals surface area contributed by atoms with Crippen LogP contribution in [0.3, 0.4) is 0 Å². The van der Waals surface area contributed by atoms with E-state index in [0.29, 0.717) is 5.82 Å².